The number of hydrogen-bond donors (Lipinski definition) is 0. The Bertz CT molecular complexity index is 395. The maximum atomic E-state index is 5.94. The smallest absolute Gasteiger partial charge is 0.0893 e. The van der Waals surface area contributed by atoms with Crippen LogP contribution in [0, 0.1) is 6.92 Å². The number of anilines is 1. The SMILES string of the molecule is Cc1cnccc1N1CC(CCl)OC(C)(C)C1. The summed E-state index contributed by atoms with van der Waals surface area (Å²) in [6, 6.07) is 2.06. The number of hydrogen-bond acceptors (Lipinski definition) is 3. The molecule has 3 nitrogen and oxygen atoms in total. The average Bonchev–Trinajstić information content (AvgIpc) is 2.27. The third kappa shape index (κ3) is 2.90. The minimum atomic E-state index is -0.159. The van der Waals surface area contributed by atoms with E-state index in [1.165, 1.54) is 11.3 Å². The van der Waals surface area contributed by atoms with E-state index in [1.807, 2.05) is 12.4 Å². The molecule has 0 radical (unpaired) electrons. The molecule has 0 N–H and O–H groups in total. The minimum absolute atomic E-state index is 0.0907. The molecule has 2 heterocycles. The van der Waals surface area contributed by atoms with Crippen LogP contribution in [0.25, 0.3) is 0 Å². The monoisotopic (exact) mass is 254 g/mol. The molecule has 1 aromatic heterocycles. The fourth-order valence-corrected chi connectivity index (χ4v) is 2.54. The maximum absolute atomic E-state index is 5.94. The predicted octanol–water partition coefficient (Wildman–Crippen LogP) is 2.61. The van der Waals surface area contributed by atoms with Crippen LogP contribution in [-0.2, 0) is 4.74 Å². The number of halogens is 1. The Morgan fingerprint density at radius 1 is 1.59 bits per heavy atom. The molecule has 2 rings (SSSR count). The molecule has 0 spiro atoms. The Kier molecular flexibility index (Phi) is 3.59. The molecule has 1 atom stereocenters. The van der Waals surface area contributed by atoms with Gasteiger partial charge < -0.3 is 9.64 Å². The van der Waals surface area contributed by atoms with E-state index in [-0.39, 0.29) is 11.7 Å². The highest BCUT2D eigenvalue weighted by molar-refractivity contribution is 6.18. The van der Waals surface area contributed by atoms with Crippen LogP contribution in [0.1, 0.15) is 19.4 Å². The molecule has 17 heavy (non-hydrogen) atoms. The van der Waals surface area contributed by atoms with Gasteiger partial charge in [-0.25, -0.2) is 0 Å². The zero-order valence-corrected chi connectivity index (χ0v) is 11.4. The standard InChI is InChI=1S/C13H19ClN2O/c1-10-7-15-5-4-12(10)16-8-11(6-14)17-13(2,3)9-16/h4-5,7,11H,6,8-9H2,1-3H3. The number of ether oxygens (including phenoxy) is 1. The quantitative estimate of drug-likeness (QED) is 0.759. The molecular formula is C13H19ClN2O. The second-order valence-electron chi connectivity index (χ2n) is 5.20. The summed E-state index contributed by atoms with van der Waals surface area (Å²) in [4.78, 5) is 6.47. The van der Waals surface area contributed by atoms with Gasteiger partial charge in [0.05, 0.1) is 17.6 Å². The molecule has 1 saturated heterocycles. The summed E-state index contributed by atoms with van der Waals surface area (Å²) < 4.78 is 5.93. The van der Waals surface area contributed by atoms with Crippen molar-refractivity contribution in [1.29, 1.82) is 0 Å². The van der Waals surface area contributed by atoms with E-state index >= 15 is 0 Å². The third-order valence-corrected chi connectivity index (χ3v) is 3.33. The molecular weight excluding hydrogens is 236 g/mol. The number of aromatic nitrogens is 1. The average molecular weight is 255 g/mol. The van der Waals surface area contributed by atoms with Gasteiger partial charge in [-0.2, -0.15) is 0 Å². The van der Waals surface area contributed by atoms with E-state index in [9.17, 15) is 0 Å². The number of aryl methyl sites for hydroxylation is 1. The molecule has 1 fully saturated rings. The van der Waals surface area contributed by atoms with Crippen molar-refractivity contribution in [3.8, 4) is 0 Å². The number of alkyl halides is 1. The third-order valence-electron chi connectivity index (χ3n) is 2.98. The van der Waals surface area contributed by atoms with E-state index in [2.05, 4.69) is 36.7 Å². The van der Waals surface area contributed by atoms with Crippen molar-refractivity contribution >= 4 is 17.3 Å². The lowest BCUT2D eigenvalue weighted by Gasteiger charge is -2.43. The van der Waals surface area contributed by atoms with Crippen molar-refractivity contribution in [1.82, 2.24) is 4.98 Å². The molecule has 1 aliphatic heterocycles. The van der Waals surface area contributed by atoms with Gasteiger partial charge in [-0.05, 0) is 32.4 Å². The molecule has 94 valence electrons. The highest BCUT2D eigenvalue weighted by Crippen LogP contribution is 2.28. The van der Waals surface area contributed by atoms with Gasteiger partial charge >= 0.3 is 0 Å². The Hall–Kier alpha value is -0.800. The molecule has 4 heteroatoms. The van der Waals surface area contributed by atoms with Crippen LogP contribution in [0.3, 0.4) is 0 Å². The van der Waals surface area contributed by atoms with Gasteiger partial charge in [0.1, 0.15) is 0 Å². The summed E-state index contributed by atoms with van der Waals surface area (Å²) in [6.45, 7) is 8.02. The molecule has 1 unspecified atom stereocenters. The Balaban J connectivity index is 2.24. The van der Waals surface area contributed by atoms with Crippen molar-refractivity contribution in [3.05, 3.63) is 24.0 Å². The lowest BCUT2D eigenvalue weighted by Crippen LogP contribution is -2.53. The summed E-state index contributed by atoms with van der Waals surface area (Å²) >= 11 is 5.94. The first-order valence-corrected chi connectivity index (χ1v) is 6.44. The topological polar surface area (TPSA) is 25.4 Å². The molecule has 0 bridgehead atoms. The molecule has 1 aliphatic rings. The molecule has 0 amide bonds. The van der Waals surface area contributed by atoms with Gasteiger partial charge in [-0.15, -0.1) is 11.6 Å². The van der Waals surface area contributed by atoms with Crippen LogP contribution in [0.15, 0.2) is 18.5 Å². The normalized spacial score (nSPS) is 23.8. The van der Waals surface area contributed by atoms with Crippen molar-refractivity contribution in [2.24, 2.45) is 0 Å². The van der Waals surface area contributed by atoms with Gasteiger partial charge in [0.25, 0.3) is 0 Å². The summed E-state index contributed by atoms with van der Waals surface area (Å²) in [5, 5.41) is 0. The lowest BCUT2D eigenvalue weighted by atomic mass is 10.0. The number of rotatable bonds is 2. The summed E-state index contributed by atoms with van der Waals surface area (Å²) in [5.41, 5.74) is 2.26. The Labute approximate surface area is 108 Å². The van der Waals surface area contributed by atoms with Crippen LogP contribution in [-0.4, -0.2) is 35.7 Å². The van der Waals surface area contributed by atoms with E-state index in [0.717, 1.165) is 13.1 Å². The fourth-order valence-electron chi connectivity index (χ4n) is 2.38. The first-order valence-electron chi connectivity index (χ1n) is 5.91. The van der Waals surface area contributed by atoms with Crippen molar-refractivity contribution in [2.75, 3.05) is 23.9 Å². The van der Waals surface area contributed by atoms with Crippen LogP contribution in [0.2, 0.25) is 0 Å². The van der Waals surface area contributed by atoms with Crippen LogP contribution < -0.4 is 4.90 Å². The lowest BCUT2D eigenvalue weighted by molar-refractivity contribution is -0.0734. The molecule has 0 aromatic carbocycles. The van der Waals surface area contributed by atoms with E-state index in [4.69, 9.17) is 16.3 Å². The van der Waals surface area contributed by atoms with Gasteiger partial charge in [0.2, 0.25) is 0 Å². The van der Waals surface area contributed by atoms with Crippen LogP contribution >= 0.6 is 11.6 Å². The molecule has 0 aliphatic carbocycles. The highest BCUT2D eigenvalue weighted by atomic mass is 35.5. The number of pyridine rings is 1. The van der Waals surface area contributed by atoms with Gasteiger partial charge in [0.15, 0.2) is 0 Å². The molecule has 1 aromatic rings. The second kappa shape index (κ2) is 4.83. The fraction of sp³-hybridized carbons (Fsp3) is 0.615. The summed E-state index contributed by atoms with van der Waals surface area (Å²) in [6.07, 6.45) is 3.82. The maximum Gasteiger partial charge on any atom is 0.0893 e. The minimum Gasteiger partial charge on any atom is -0.367 e. The van der Waals surface area contributed by atoms with E-state index < -0.39 is 0 Å². The van der Waals surface area contributed by atoms with Crippen molar-refractivity contribution in [3.63, 3.8) is 0 Å². The van der Waals surface area contributed by atoms with Gasteiger partial charge in [-0.1, -0.05) is 0 Å². The largest absolute Gasteiger partial charge is 0.367 e. The van der Waals surface area contributed by atoms with Crippen molar-refractivity contribution in [2.45, 2.75) is 32.5 Å². The summed E-state index contributed by atoms with van der Waals surface area (Å²) in [5.74, 6) is 0.532. The number of nitrogens with zero attached hydrogens (tertiary/aromatic N) is 2. The van der Waals surface area contributed by atoms with Gasteiger partial charge in [0, 0.05) is 31.2 Å². The zero-order chi connectivity index (χ0) is 12.5. The first-order chi connectivity index (χ1) is 8.02. The zero-order valence-electron chi connectivity index (χ0n) is 10.6. The van der Waals surface area contributed by atoms with Crippen LogP contribution in [0.4, 0.5) is 5.69 Å². The van der Waals surface area contributed by atoms with Gasteiger partial charge in [-0.3, -0.25) is 4.98 Å². The first kappa shape index (κ1) is 12.7. The van der Waals surface area contributed by atoms with Crippen molar-refractivity contribution < 1.29 is 4.74 Å². The van der Waals surface area contributed by atoms with E-state index in [1.54, 1.807) is 0 Å². The van der Waals surface area contributed by atoms with Crippen LogP contribution in [0.5, 0.6) is 0 Å². The van der Waals surface area contributed by atoms with E-state index in [0.29, 0.717) is 5.88 Å². The number of morpholine rings is 1. The molecule has 0 saturated carbocycles. The Morgan fingerprint density at radius 2 is 2.35 bits per heavy atom. The highest BCUT2D eigenvalue weighted by Gasteiger charge is 2.33. The predicted molar refractivity (Wildman–Crippen MR) is 70.9 cm³/mol. The second-order valence-corrected chi connectivity index (χ2v) is 5.51. The summed E-state index contributed by atoms with van der Waals surface area (Å²) in [7, 11) is 0. The Morgan fingerprint density at radius 3 is 3.00 bits per heavy atom.